The Balaban J connectivity index is 1.53. The minimum Gasteiger partial charge on any atom is -0.394 e. The van der Waals surface area contributed by atoms with E-state index < -0.39 is 0 Å². The molecular formula is C21H20N4O2S. The lowest BCUT2D eigenvalue weighted by Crippen LogP contribution is -2.40. The summed E-state index contributed by atoms with van der Waals surface area (Å²) in [6, 6.07) is 14.1. The Labute approximate surface area is 165 Å². The first-order chi connectivity index (χ1) is 13.7. The third kappa shape index (κ3) is 2.93. The van der Waals surface area contributed by atoms with Crippen LogP contribution in [0.25, 0.3) is 31.4 Å². The van der Waals surface area contributed by atoms with E-state index >= 15 is 0 Å². The van der Waals surface area contributed by atoms with Crippen LogP contribution in [0, 0.1) is 0 Å². The van der Waals surface area contributed by atoms with Crippen LogP contribution in [-0.4, -0.2) is 45.4 Å². The summed E-state index contributed by atoms with van der Waals surface area (Å²) in [6.07, 6.45) is 3.54. The number of H-pyrrole nitrogens is 1. The molecule has 1 fully saturated rings. The van der Waals surface area contributed by atoms with Crippen LogP contribution < -0.4 is 5.32 Å². The SMILES string of the molecule is O=C(Nc1cc(-c2cc3ccccc3s2)c2[nH]ncc2c1)N1CCC[C@H]1CO. The van der Waals surface area contributed by atoms with Gasteiger partial charge in [0.05, 0.1) is 24.4 Å². The summed E-state index contributed by atoms with van der Waals surface area (Å²) in [4.78, 5) is 15.6. The van der Waals surface area contributed by atoms with Gasteiger partial charge in [-0.05, 0) is 42.5 Å². The maximum atomic E-state index is 12.7. The normalized spacial score (nSPS) is 16.9. The summed E-state index contributed by atoms with van der Waals surface area (Å²) >= 11 is 1.72. The van der Waals surface area contributed by atoms with Gasteiger partial charge in [0.15, 0.2) is 0 Å². The second-order valence-corrected chi connectivity index (χ2v) is 8.19. The number of nitrogens with one attached hydrogen (secondary N) is 2. The molecule has 1 aliphatic heterocycles. The van der Waals surface area contributed by atoms with Crippen molar-refractivity contribution in [3.8, 4) is 10.4 Å². The number of carbonyl (C=O) groups is 1. The van der Waals surface area contributed by atoms with Crippen LogP contribution in [0.5, 0.6) is 0 Å². The molecule has 1 aliphatic rings. The van der Waals surface area contributed by atoms with Gasteiger partial charge in [0, 0.05) is 32.8 Å². The second kappa shape index (κ2) is 6.92. The highest BCUT2D eigenvalue weighted by molar-refractivity contribution is 7.22. The molecule has 0 radical (unpaired) electrons. The third-order valence-corrected chi connectivity index (χ3v) is 6.49. The van der Waals surface area contributed by atoms with Crippen molar-refractivity contribution in [3.63, 3.8) is 0 Å². The molecule has 5 rings (SSSR count). The zero-order valence-electron chi connectivity index (χ0n) is 15.2. The quantitative estimate of drug-likeness (QED) is 0.482. The first kappa shape index (κ1) is 17.2. The highest BCUT2D eigenvalue weighted by atomic mass is 32.1. The molecule has 0 saturated carbocycles. The highest BCUT2D eigenvalue weighted by Crippen LogP contribution is 2.38. The number of anilines is 1. The zero-order valence-corrected chi connectivity index (χ0v) is 16.0. The molecule has 3 N–H and O–H groups in total. The van der Waals surface area contributed by atoms with Gasteiger partial charge in [0.25, 0.3) is 0 Å². The zero-order chi connectivity index (χ0) is 19.1. The van der Waals surface area contributed by atoms with Gasteiger partial charge in [-0.15, -0.1) is 11.3 Å². The summed E-state index contributed by atoms with van der Waals surface area (Å²) in [5.74, 6) is 0. The number of likely N-dealkylation sites (tertiary alicyclic amines) is 1. The van der Waals surface area contributed by atoms with E-state index in [1.165, 1.54) is 10.1 Å². The summed E-state index contributed by atoms with van der Waals surface area (Å²) in [6.45, 7) is 0.676. The fraction of sp³-hybridized carbons (Fsp3) is 0.238. The lowest BCUT2D eigenvalue weighted by Gasteiger charge is -2.23. The molecule has 28 heavy (non-hydrogen) atoms. The predicted molar refractivity (Wildman–Crippen MR) is 113 cm³/mol. The first-order valence-electron chi connectivity index (χ1n) is 9.37. The summed E-state index contributed by atoms with van der Waals surface area (Å²) < 4.78 is 1.22. The Morgan fingerprint density at radius 1 is 1.29 bits per heavy atom. The van der Waals surface area contributed by atoms with Gasteiger partial charge in [-0.2, -0.15) is 5.10 Å². The summed E-state index contributed by atoms with van der Waals surface area (Å²) in [5.41, 5.74) is 2.71. The van der Waals surface area contributed by atoms with Gasteiger partial charge in [0.2, 0.25) is 0 Å². The van der Waals surface area contributed by atoms with Crippen LogP contribution in [0.1, 0.15) is 12.8 Å². The molecule has 2 aromatic heterocycles. The van der Waals surface area contributed by atoms with Crippen molar-refractivity contribution in [1.29, 1.82) is 0 Å². The minimum atomic E-state index is -0.165. The van der Waals surface area contributed by atoms with Crippen molar-refractivity contribution in [1.82, 2.24) is 15.1 Å². The van der Waals surface area contributed by atoms with Crippen molar-refractivity contribution < 1.29 is 9.90 Å². The molecule has 2 amide bonds. The number of aromatic amines is 1. The van der Waals surface area contributed by atoms with E-state index in [0.717, 1.165) is 39.9 Å². The van der Waals surface area contributed by atoms with E-state index in [-0.39, 0.29) is 18.7 Å². The van der Waals surface area contributed by atoms with E-state index in [0.29, 0.717) is 6.54 Å². The minimum absolute atomic E-state index is 0.00121. The van der Waals surface area contributed by atoms with E-state index in [9.17, 15) is 9.90 Å². The topological polar surface area (TPSA) is 81.2 Å². The summed E-state index contributed by atoms with van der Waals surface area (Å²) in [5, 5.41) is 21.9. The molecule has 0 spiro atoms. The standard InChI is InChI=1S/C21H20N4O2S/c26-12-16-5-3-7-25(16)21(27)23-15-8-14-11-22-24-20(14)17(10-15)19-9-13-4-1-2-6-18(13)28-19/h1-2,4,6,8-11,16,26H,3,5,7,12H2,(H,22,24)(H,23,27)/t16-/m0/s1. The number of aliphatic hydroxyl groups is 1. The Hall–Kier alpha value is -2.90. The summed E-state index contributed by atoms with van der Waals surface area (Å²) in [7, 11) is 0. The number of carbonyl (C=O) groups excluding carboxylic acids is 1. The Morgan fingerprint density at radius 2 is 2.18 bits per heavy atom. The number of aromatic nitrogens is 2. The Bertz CT molecular complexity index is 1130. The maximum Gasteiger partial charge on any atom is 0.322 e. The Morgan fingerprint density at radius 3 is 3.04 bits per heavy atom. The van der Waals surface area contributed by atoms with Gasteiger partial charge in [0.1, 0.15) is 0 Å². The largest absolute Gasteiger partial charge is 0.394 e. The monoisotopic (exact) mass is 392 g/mol. The van der Waals surface area contributed by atoms with Crippen molar-refractivity contribution in [2.75, 3.05) is 18.5 Å². The van der Waals surface area contributed by atoms with Crippen molar-refractivity contribution in [3.05, 3.63) is 48.7 Å². The van der Waals surface area contributed by atoms with Crippen molar-refractivity contribution in [2.45, 2.75) is 18.9 Å². The fourth-order valence-corrected chi connectivity index (χ4v) is 5.01. The molecule has 4 aromatic rings. The van der Waals surface area contributed by atoms with Crippen molar-refractivity contribution in [2.24, 2.45) is 0 Å². The maximum absolute atomic E-state index is 12.7. The number of urea groups is 1. The number of rotatable bonds is 3. The number of hydrogen-bond acceptors (Lipinski definition) is 4. The van der Waals surface area contributed by atoms with Gasteiger partial charge in [-0.25, -0.2) is 4.79 Å². The Kier molecular flexibility index (Phi) is 4.26. The average Bonchev–Trinajstić information content (AvgIpc) is 3.44. The van der Waals surface area contributed by atoms with Crippen LogP contribution in [0.2, 0.25) is 0 Å². The number of nitrogens with zero attached hydrogens (tertiary/aromatic N) is 2. The highest BCUT2D eigenvalue weighted by Gasteiger charge is 2.28. The number of hydrogen-bond donors (Lipinski definition) is 3. The van der Waals surface area contributed by atoms with Crippen LogP contribution >= 0.6 is 11.3 Å². The molecule has 3 heterocycles. The van der Waals surface area contributed by atoms with Crippen LogP contribution in [0.4, 0.5) is 10.5 Å². The van der Waals surface area contributed by atoms with Crippen LogP contribution in [-0.2, 0) is 0 Å². The smallest absolute Gasteiger partial charge is 0.322 e. The first-order valence-corrected chi connectivity index (χ1v) is 10.2. The van der Waals surface area contributed by atoms with Gasteiger partial charge in [-0.3, -0.25) is 5.10 Å². The van der Waals surface area contributed by atoms with Crippen molar-refractivity contribution >= 4 is 44.0 Å². The lowest BCUT2D eigenvalue weighted by molar-refractivity contribution is 0.166. The second-order valence-electron chi connectivity index (χ2n) is 7.11. The molecule has 0 aliphatic carbocycles. The van der Waals surface area contributed by atoms with Gasteiger partial charge < -0.3 is 15.3 Å². The van der Waals surface area contributed by atoms with E-state index in [2.05, 4.69) is 33.7 Å². The third-order valence-electron chi connectivity index (χ3n) is 5.34. The molecule has 2 aromatic carbocycles. The molecule has 0 bridgehead atoms. The molecule has 7 heteroatoms. The van der Waals surface area contributed by atoms with E-state index in [1.807, 2.05) is 24.3 Å². The van der Waals surface area contributed by atoms with E-state index in [1.54, 1.807) is 22.4 Å². The number of benzene rings is 2. The molecule has 1 saturated heterocycles. The molecule has 0 unspecified atom stereocenters. The molecule has 142 valence electrons. The number of aliphatic hydroxyl groups excluding tert-OH is 1. The number of thiophene rings is 1. The van der Waals surface area contributed by atoms with Gasteiger partial charge in [-0.1, -0.05) is 18.2 Å². The van der Waals surface area contributed by atoms with E-state index in [4.69, 9.17) is 0 Å². The molecule has 6 nitrogen and oxygen atoms in total. The van der Waals surface area contributed by atoms with Gasteiger partial charge >= 0.3 is 6.03 Å². The predicted octanol–water partition coefficient (Wildman–Crippen LogP) is 4.43. The number of amides is 2. The fourth-order valence-electron chi connectivity index (χ4n) is 3.93. The number of fused-ring (bicyclic) bond motifs is 2. The van der Waals surface area contributed by atoms with Crippen LogP contribution in [0.3, 0.4) is 0 Å². The molecular weight excluding hydrogens is 372 g/mol. The molecule has 1 atom stereocenters. The van der Waals surface area contributed by atoms with Crippen LogP contribution in [0.15, 0.2) is 48.7 Å². The lowest BCUT2D eigenvalue weighted by atomic mass is 10.1. The average molecular weight is 392 g/mol.